The maximum Gasteiger partial charge on any atom is 0.139 e. The van der Waals surface area contributed by atoms with Gasteiger partial charge in [0, 0.05) is 17.8 Å². The van der Waals surface area contributed by atoms with E-state index in [2.05, 4.69) is 24.8 Å². The average molecular weight is 323 g/mol. The van der Waals surface area contributed by atoms with Crippen LogP contribution in [0.15, 0.2) is 0 Å². The Labute approximate surface area is 146 Å². The number of Topliss-reactive ketones (excluding diaryl/α,β-unsaturated/α-hetero) is 1. The Balaban J connectivity index is 1.59. The maximum atomic E-state index is 12.4. The summed E-state index contributed by atoms with van der Waals surface area (Å²) in [5.74, 6) is 10.7. The molecular weight excluding hydrogens is 294 g/mol. The molecule has 4 aliphatic carbocycles. The molecule has 2 nitrogen and oxygen atoms in total. The summed E-state index contributed by atoms with van der Waals surface area (Å²) in [6.45, 7) is 4.15. The summed E-state index contributed by atoms with van der Waals surface area (Å²) >= 11 is 0. The van der Waals surface area contributed by atoms with E-state index in [1.807, 2.05) is 6.92 Å². The van der Waals surface area contributed by atoms with Crippen LogP contribution in [0.5, 0.6) is 0 Å². The average Bonchev–Trinajstić information content (AvgIpc) is 2.90. The molecule has 24 heavy (non-hydrogen) atoms. The molecule has 7 unspecified atom stereocenters. The molecule has 0 heterocycles. The molecule has 0 amide bonds. The fourth-order valence-electron chi connectivity index (χ4n) is 7.21. The Morgan fingerprint density at radius 2 is 1.71 bits per heavy atom. The summed E-state index contributed by atoms with van der Waals surface area (Å²) in [6.07, 6.45) is 9.03. The Hall–Kier alpha value is -1.28. The van der Waals surface area contributed by atoms with E-state index in [4.69, 9.17) is 0 Å². The minimum Gasteiger partial charge on any atom is -0.299 e. The van der Waals surface area contributed by atoms with Gasteiger partial charge in [0.2, 0.25) is 0 Å². The van der Waals surface area contributed by atoms with Crippen molar-refractivity contribution in [2.24, 2.45) is 46.8 Å². The molecular formula is C22H29NO. The lowest BCUT2D eigenvalue weighted by Gasteiger charge is -2.55. The zero-order valence-corrected chi connectivity index (χ0v) is 15.1. The molecule has 4 saturated carbocycles. The summed E-state index contributed by atoms with van der Waals surface area (Å²) in [5.41, 5.74) is -0.0203. The van der Waals surface area contributed by atoms with E-state index in [0.717, 1.165) is 37.5 Å². The Morgan fingerprint density at radius 3 is 2.46 bits per heavy atom. The molecule has 4 aliphatic rings. The summed E-state index contributed by atoms with van der Waals surface area (Å²) < 4.78 is 0. The van der Waals surface area contributed by atoms with Crippen LogP contribution in [0.4, 0.5) is 0 Å². The van der Waals surface area contributed by atoms with Crippen LogP contribution >= 0.6 is 0 Å². The zero-order chi connectivity index (χ0) is 16.9. The number of nitrogens with zero attached hydrogens (tertiary/aromatic N) is 1. The molecule has 2 heteroatoms. The molecule has 0 aromatic heterocycles. The lowest BCUT2D eigenvalue weighted by atomic mass is 9.48. The summed E-state index contributed by atoms with van der Waals surface area (Å²) in [5, 5.41) is 9.79. The van der Waals surface area contributed by atoms with E-state index in [9.17, 15) is 10.1 Å². The van der Waals surface area contributed by atoms with Crippen LogP contribution in [-0.4, -0.2) is 5.78 Å². The molecule has 128 valence electrons. The van der Waals surface area contributed by atoms with Crippen molar-refractivity contribution in [3.63, 3.8) is 0 Å². The van der Waals surface area contributed by atoms with E-state index in [1.165, 1.54) is 25.7 Å². The van der Waals surface area contributed by atoms with E-state index in [0.29, 0.717) is 29.5 Å². The Morgan fingerprint density at radius 1 is 1.00 bits per heavy atom. The van der Waals surface area contributed by atoms with Crippen molar-refractivity contribution in [1.82, 2.24) is 0 Å². The van der Waals surface area contributed by atoms with Gasteiger partial charge in [-0.3, -0.25) is 4.79 Å². The molecule has 0 spiro atoms. The van der Waals surface area contributed by atoms with Gasteiger partial charge in [0.15, 0.2) is 0 Å². The molecule has 0 aromatic rings. The van der Waals surface area contributed by atoms with Gasteiger partial charge >= 0.3 is 0 Å². The van der Waals surface area contributed by atoms with Gasteiger partial charge in [-0.15, -0.1) is 5.92 Å². The highest BCUT2D eigenvalue weighted by atomic mass is 16.1. The van der Waals surface area contributed by atoms with Gasteiger partial charge < -0.3 is 0 Å². The van der Waals surface area contributed by atoms with Gasteiger partial charge in [0.05, 0.1) is 12.0 Å². The first-order valence-electron chi connectivity index (χ1n) is 9.95. The first kappa shape index (κ1) is 16.2. The molecule has 8 atom stereocenters. The second-order valence-electron chi connectivity index (χ2n) is 8.99. The fraction of sp³-hybridized carbons (Fsp3) is 0.818. The van der Waals surface area contributed by atoms with Crippen molar-refractivity contribution in [1.29, 1.82) is 5.26 Å². The van der Waals surface area contributed by atoms with Crippen LogP contribution in [-0.2, 0) is 4.79 Å². The maximum absolute atomic E-state index is 12.4. The number of hydrogen-bond donors (Lipinski definition) is 0. The monoisotopic (exact) mass is 323 g/mol. The summed E-state index contributed by atoms with van der Waals surface area (Å²) in [4.78, 5) is 12.4. The molecule has 0 saturated heterocycles. The molecule has 0 N–H and O–H groups in total. The van der Waals surface area contributed by atoms with Crippen LogP contribution < -0.4 is 0 Å². The molecule has 4 fully saturated rings. The predicted molar refractivity (Wildman–Crippen MR) is 93.5 cm³/mol. The van der Waals surface area contributed by atoms with Crippen LogP contribution in [0, 0.1) is 70.0 Å². The summed E-state index contributed by atoms with van der Waals surface area (Å²) in [7, 11) is 0. The predicted octanol–water partition coefficient (Wildman–Crippen LogP) is 4.60. The van der Waals surface area contributed by atoms with Crippen LogP contribution in [0.25, 0.3) is 0 Å². The highest BCUT2D eigenvalue weighted by molar-refractivity contribution is 5.87. The lowest BCUT2D eigenvalue weighted by Crippen LogP contribution is -2.50. The van der Waals surface area contributed by atoms with Gasteiger partial charge in [0.1, 0.15) is 5.78 Å². The third-order valence-corrected chi connectivity index (χ3v) is 8.32. The Kier molecular flexibility index (Phi) is 3.99. The number of fused-ring (bicyclic) bond motifs is 5. The zero-order valence-electron chi connectivity index (χ0n) is 15.1. The minimum absolute atomic E-state index is 0.0203. The van der Waals surface area contributed by atoms with Crippen molar-refractivity contribution in [2.75, 3.05) is 0 Å². The van der Waals surface area contributed by atoms with Crippen molar-refractivity contribution in [3.8, 4) is 17.9 Å². The number of hydrogen-bond acceptors (Lipinski definition) is 2. The van der Waals surface area contributed by atoms with Gasteiger partial charge in [-0.1, -0.05) is 12.8 Å². The fourth-order valence-corrected chi connectivity index (χ4v) is 7.21. The second-order valence-corrected chi connectivity index (χ2v) is 8.99. The van der Waals surface area contributed by atoms with E-state index in [-0.39, 0.29) is 11.3 Å². The highest BCUT2D eigenvalue weighted by Crippen LogP contribution is 2.62. The minimum atomic E-state index is -0.0203. The van der Waals surface area contributed by atoms with E-state index < -0.39 is 0 Å². The smallest absolute Gasteiger partial charge is 0.139 e. The third-order valence-electron chi connectivity index (χ3n) is 8.32. The first-order valence-corrected chi connectivity index (χ1v) is 9.95. The Bertz CT molecular complexity index is 635. The van der Waals surface area contributed by atoms with Gasteiger partial charge in [-0.25, -0.2) is 0 Å². The molecule has 4 rings (SSSR count). The highest BCUT2D eigenvalue weighted by Gasteiger charge is 2.58. The number of carbonyl (C=O) groups excluding carboxylic acids is 1. The number of carbonyl (C=O) groups is 1. The number of ketones is 1. The number of rotatable bonds is 0. The first-order chi connectivity index (χ1) is 11.6. The standard InChI is InChI=1S/C22H29NO/c1-3-4-14-5-6-15-16(19(14)13-23)7-8-18-17(15)11-12-22(2)20(18)9-10-21(22)24/h14-20H,5-12H2,1-2H3/t14?,15?,16?,17?,18?,19?,20?,22-/m0/s1. The topological polar surface area (TPSA) is 40.9 Å². The molecule has 0 aliphatic heterocycles. The normalized spacial score (nSPS) is 49.9. The lowest BCUT2D eigenvalue weighted by molar-refractivity contribution is -0.133. The molecule has 0 bridgehead atoms. The SMILES string of the molecule is CC#CC1CCC2C(CCC3C2CC[C@]2(C)C(=O)CCC32)C1C#N. The van der Waals surface area contributed by atoms with Crippen LogP contribution in [0.1, 0.15) is 65.2 Å². The quantitative estimate of drug-likeness (QED) is 0.611. The van der Waals surface area contributed by atoms with Gasteiger partial charge in [0.25, 0.3) is 0 Å². The van der Waals surface area contributed by atoms with Crippen LogP contribution in [0.2, 0.25) is 0 Å². The molecule has 0 radical (unpaired) electrons. The van der Waals surface area contributed by atoms with E-state index >= 15 is 0 Å². The summed E-state index contributed by atoms with van der Waals surface area (Å²) in [6, 6.07) is 2.64. The van der Waals surface area contributed by atoms with Crippen molar-refractivity contribution in [2.45, 2.75) is 65.2 Å². The third kappa shape index (κ3) is 2.19. The van der Waals surface area contributed by atoms with Crippen molar-refractivity contribution < 1.29 is 4.79 Å². The van der Waals surface area contributed by atoms with Gasteiger partial charge in [-0.05, 0) is 81.5 Å². The van der Waals surface area contributed by atoms with Crippen molar-refractivity contribution in [3.05, 3.63) is 0 Å². The second kappa shape index (κ2) is 5.91. The van der Waals surface area contributed by atoms with Crippen LogP contribution in [0.3, 0.4) is 0 Å². The van der Waals surface area contributed by atoms with E-state index in [1.54, 1.807) is 0 Å². The van der Waals surface area contributed by atoms with Gasteiger partial charge in [-0.2, -0.15) is 5.26 Å². The molecule has 0 aromatic carbocycles. The largest absolute Gasteiger partial charge is 0.299 e. The van der Waals surface area contributed by atoms with Crippen molar-refractivity contribution >= 4 is 5.78 Å². The number of nitriles is 1.